The highest BCUT2D eigenvalue weighted by atomic mass is 79.9. The van der Waals surface area contributed by atoms with E-state index in [1.807, 2.05) is 12.1 Å². The van der Waals surface area contributed by atoms with Crippen molar-refractivity contribution in [3.63, 3.8) is 0 Å². The van der Waals surface area contributed by atoms with Gasteiger partial charge in [-0.1, -0.05) is 15.9 Å². The molecule has 0 aliphatic rings. The highest BCUT2D eigenvalue weighted by Crippen LogP contribution is 2.21. The van der Waals surface area contributed by atoms with Crippen LogP contribution in [0.3, 0.4) is 0 Å². The van der Waals surface area contributed by atoms with E-state index in [4.69, 9.17) is 10.8 Å². The molecule has 0 fully saturated rings. The molecule has 0 saturated heterocycles. The molecule has 2 rings (SSSR count). The summed E-state index contributed by atoms with van der Waals surface area (Å²) in [4.78, 5) is 11.0. The van der Waals surface area contributed by atoms with Crippen molar-refractivity contribution in [2.24, 2.45) is 0 Å². The van der Waals surface area contributed by atoms with Crippen molar-refractivity contribution >= 4 is 39.2 Å². The number of rotatable bonds is 3. The molecule has 0 spiro atoms. The number of anilines is 3. The maximum absolute atomic E-state index is 11.0. The standard InChI is InChI=1S/C11H9BrN4O2/c12-6-1-3-7(4-2-6)14-10-8(11(17)18)5-9(13)15-16-10/h1-5H,(H2,13,15)(H,14,16)(H,17,18). The summed E-state index contributed by atoms with van der Waals surface area (Å²) in [5.74, 6) is -0.899. The first-order valence-corrected chi connectivity index (χ1v) is 5.74. The summed E-state index contributed by atoms with van der Waals surface area (Å²) in [5, 5.41) is 19.3. The molecule has 0 aliphatic heterocycles. The van der Waals surface area contributed by atoms with Gasteiger partial charge in [-0.25, -0.2) is 4.79 Å². The van der Waals surface area contributed by atoms with Crippen molar-refractivity contribution in [3.8, 4) is 0 Å². The molecule has 18 heavy (non-hydrogen) atoms. The van der Waals surface area contributed by atoms with Gasteiger partial charge < -0.3 is 16.2 Å². The maximum Gasteiger partial charge on any atom is 0.339 e. The lowest BCUT2D eigenvalue weighted by Crippen LogP contribution is -2.08. The number of aromatic carboxylic acids is 1. The zero-order valence-electron chi connectivity index (χ0n) is 9.09. The topological polar surface area (TPSA) is 101 Å². The number of benzene rings is 1. The molecule has 0 aliphatic carbocycles. The van der Waals surface area contributed by atoms with E-state index < -0.39 is 5.97 Å². The molecule has 0 radical (unpaired) electrons. The number of nitrogens with one attached hydrogen (secondary N) is 1. The Morgan fingerprint density at radius 3 is 2.56 bits per heavy atom. The molecule has 0 amide bonds. The highest BCUT2D eigenvalue weighted by Gasteiger charge is 2.13. The van der Waals surface area contributed by atoms with Crippen molar-refractivity contribution < 1.29 is 9.90 Å². The Labute approximate surface area is 111 Å². The zero-order chi connectivity index (χ0) is 13.1. The minimum absolute atomic E-state index is 0.0228. The average Bonchev–Trinajstić information content (AvgIpc) is 2.34. The second-order valence-electron chi connectivity index (χ2n) is 3.47. The van der Waals surface area contributed by atoms with Gasteiger partial charge in [-0.3, -0.25) is 0 Å². The lowest BCUT2D eigenvalue weighted by atomic mass is 10.2. The summed E-state index contributed by atoms with van der Waals surface area (Å²) in [7, 11) is 0. The number of carbonyl (C=O) groups is 1. The van der Waals surface area contributed by atoms with Gasteiger partial charge in [0.1, 0.15) is 11.4 Å². The first kappa shape index (κ1) is 12.3. The van der Waals surface area contributed by atoms with Crippen LogP contribution in [0, 0.1) is 0 Å². The zero-order valence-corrected chi connectivity index (χ0v) is 10.7. The van der Waals surface area contributed by atoms with Gasteiger partial charge in [0.2, 0.25) is 0 Å². The van der Waals surface area contributed by atoms with Crippen molar-refractivity contribution in [2.75, 3.05) is 11.1 Å². The molecule has 92 valence electrons. The molecule has 4 N–H and O–H groups in total. The number of hydrogen-bond acceptors (Lipinski definition) is 5. The van der Waals surface area contributed by atoms with Crippen LogP contribution in [0.15, 0.2) is 34.8 Å². The predicted molar refractivity (Wildman–Crippen MR) is 70.8 cm³/mol. The summed E-state index contributed by atoms with van der Waals surface area (Å²) in [6.07, 6.45) is 0. The number of nitrogens with zero attached hydrogens (tertiary/aromatic N) is 2. The van der Waals surface area contributed by atoms with E-state index in [0.717, 1.165) is 4.47 Å². The monoisotopic (exact) mass is 308 g/mol. The molecular formula is C11H9BrN4O2. The molecule has 1 aromatic carbocycles. The Balaban J connectivity index is 2.34. The molecule has 6 nitrogen and oxygen atoms in total. The molecule has 0 saturated carbocycles. The van der Waals surface area contributed by atoms with Crippen LogP contribution < -0.4 is 11.1 Å². The Morgan fingerprint density at radius 2 is 1.94 bits per heavy atom. The van der Waals surface area contributed by atoms with Gasteiger partial charge >= 0.3 is 5.97 Å². The van der Waals surface area contributed by atoms with Crippen LogP contribution >= 0.6 is 15.9 Å². The molecule has 7 heteroatoms. The number of aromatic nitrogens is 2. The summed E-state index contributed by atoms with van der Waals surface area (Å²) in [6, 6.07) is 8.49. The van der Waals surface area contributed by atoms with E-state index >= 15 is 0 Å². The highest BCUT2D eigenvalue weighted by molar-refractivity contribution is 9.10. The van der Waals surface area contributed by atoms with Crippen molar-refractivity contribution in [1.82, 2.24) is 10.2 Å². The predicted octanol–water partition coefficient (Wildman–Crippen LogP) is 2.26. The van der Waals surface area contributed by atoms with Crippen molar-refractivity contribution in [2.45, 2.75) is 0 Å². The molecule has 2 aromatic rings. The molecule has 0 atom stereocenters. The first-order chi connectivity index (χ1) is 8.56. The number of carboxylic acids is 1. The number of carboxylic acid groups (broad SMARTS) is 1. The normalized spacial score (nSPS) is 10.1. The second kappa shape index (κ2) is 5.01. The van der Waals surface area contributed by atoms with Gasteiger partial charge in [0.05, 0.1) is 0 Å². The molecule has 1 heterocycles. The largest absolute Gasteiger partial charge is 0.478 e. The van der Waals surface area contributed by atoms with E-state index in [1.54, 1.807) is 12.1 Å². The van der Waals surface area contributed by atoms with Crippen molar-refractivity contribution in [1.29, 1.82) is 0 Å². The summed E-state index contributed by atoms with van der Waals surface area (Å²) < 4.78 is 0.926. The Kier molecular flexibility index (Phi) is 3.42. The van der Waals surface area contributed by atoms with Crippen LogP contribution in [-0.2, 0) is 0 Å². The summed E-state index contributed by atoms with van der Waals surface area (Å²) >= 11 is 3.31. The van der Waals surface area contributed by atoms with Crippen LogP contribution in [0.4, 0.5) is 17.3 Å². The Morgan fingerprint density at radius 1 is 1.28 bits per heavy atom. The van der Waals surface area contributed by atoms with Gasteiger partial charge in [-0.15, -0.1) is 10.2 Å². The lowest BCUT2D eigenvalue weighted by Gasteiger charge is -2.08. The maximum atomic E-state index is 11.0. The minimum atomic E-state index is -1.11. The van der Waals surface area contributed by atoms with Crippen LogP contribution in [0.25, 0.3) is 0 Å². The number of nitrogen functional groups attached to an aromatic ring is 1. The van der Waals surface area contributed by atoms with E-state index in [-0.39, 0.29) is 17.2 Å². The Bertz CT molecular complexity index is 586. The van der Waals surface area contributed by atoms with E-state index in [1.165, 1.54) is 6.07 Å². The van der Waals surface area contributed by atoms with E-state index in [2.05, 4.69) is 31.4 Å². The van der Waals surface area contributed by atoms with Gasteiger partial charge in [0.25, 0.3) is 0 Å². The van der Waals surface area contributed by atoms with Crippen LogP contribution in [0.2, 0.25) is 0 Å². The molecule has 0 unspecified atom stereocenters. The third kappa shape index (κ3) is 2.75. The lowest BCUT2D eigenvalue weighted by molar-refractivity contribution is 0.0697. The van der Waals surface area contributed by atoms with E-state index in [0.29, 0.717) is 5.69 Å². The van der Waals surface area contributed by atoms with Crippen molar-refractivity contribution in [3.05, 3.63) is 40.4 Å². The summed E-state index contributed by atoms with van der Waals surface area (Å²) in [5.41, 5.74) is 6.09. The van der Waals surface area contributed by atoms with Gasteiger partial charge in [-0.05, 0) is 24.3 Å². The van der Waals surface area contributed by atoms with Crippen LogP contribution in [0.1, 0.15) is 10.4 Å². The molecular weight excluding hydrogens is 300 g/mol. The summed E-state index contributed by atoms with van der Waals surface area (Å²) in [6.45, 7) is 0. The number of hydrogen-bond donors (Lipinski definition) is 3. The fourth-order valence-electron chi connectivity index (χ4n) is 1.33. The molecule has 0 bridgehead atoms. The Hall–Kier alpha value is -2.15. The van der Waals surface area contributed by atoms with Crippen LogP contribution in [0.5, 0.6) is 0 Å². The fraction of sp³-hybridized carbons (Fsp3) is 0. The second-order valence-corrected chi connectivity index (χ2v) is 4.38. The van der Waals surface area contributed by atoms with Gasteiger partial charge in [-0.2, -0.15) is 0 Å². The minimum Gasteiger partial charge on any atom is -0.478 e. The van der Waals surface area contributed by atoms with Gasteiger partial charge in [0.15, 0.2) is 5.82 Å². The SMILES string of the molecule is Nc1cc(C(=O)O)c(Nc2ccc(Br)cc2)nn1. The quantitative estimate of drug-likeness (QED) is 0.804. The number of nitrogens with two attached hydrogens (primary N) is 1. The van der Waals surface area contributed by atoms with E-state index in [9.17, 15) is 4.79 Å². The van der Waals surface area contributed by atoms with Crippen LogP contribution in [-0.4, -0.2) is 21.3 Å². The third-order valence-corrected chi connectivity index (χ3v) is 2.68. The molecule has 1 aromatic heterocycles. The first-order valence-electron chi connectivity index (χ1n) is 4.95. The average molecular weight is 309 g/mol. The third-order valence-electron chi connectivity index (χ3n) is 2.15. The fourth-order valence-corrected chi connectivity index (χ4v) is 1.60. The number of halogens is 1. The van der Waals surface area contributed by atoms with Gasteiger partial charge in [0, 0.05) is 16.2 Å². The smallest absolute Gasteiger partial charge is 0.339 e.